The van der Waals surface area contributed by atoms with Crippen molar-refractivity contribution in [3.8, 4) is 0 Å². The Morgan fingerprint density at radius 3 is 2.83 bits per heavy atom. The molecule has 0 saturated carbocycles. The number of ether oxygens (including phenoxy) is 2. The second-order valence-electron chi connectivity index (χ2n) is 6.59. The summed E-state index contributed by atoms with van der Waals surface area (Å²) in [5.74, 6) is 0. The van der Waals surface area contributed by atoms with Crippen molar-refractivity contribution < 1.29 is 14.6 Å². The van der Waals surface area contributed by atoms with Gasteiger partial charge in [-0.3, -0.25) is 4.90 Å². The number of nitrogens with zero attached hydrogens (tertiary/aromatic N) is 2. The lowest BCUT2D eigenvalue weighted by Gasteiger charge is -2.37. The predicted octanol–water partition coefficient (Wildman–Crippen LogP) is 2.02. The smallest absolute Gasteiger partial charge is 0.0900 e. The Balaban J connectivity index is 1.34. The summed E-state index contributed by atoms with van der Waals surface area (Å²) in [5.41, 5.74) is 1.17. The van der Waals surface area contributed by atoms with Crippen LogP contribution in [0.25, 0.3) is 0 Å². The van der Waals surface area contributed by atoms with Gasteiger partial charge in [0.1, 0.15) is 0 Å². The first kappa shape index (κ1) is 18.0. The summed E-state index contributed by atoms with van der Waals surface area (Å²) in [6.07, 6.45) is 1.97. The molecule has 2 saturated heterocycles. The summed E-state index contributed by atoms with van der Waals surface area (Å²) < 4.78 is 11.1. The molecule has 0 bridgehead atoms. The molecule has 0 spiro atoms. The average molecular weight is 355 g/mol. The first-order valence-electron chi connectivity index (χ1n) is 8.81. The van der Waals surface area contributed by atoms with Crippen LogP contribution in [0.15, 0.2) is 24.3 Å². The van der Waals surface area contributed by atoms with E-state index in [1.165, 1.54) is 5.69 Å². The highest BCUT2D eigenvalue weighted by Gasteiger charge is 2.20. The first-order chi connectivity index (χ1) is 11.7. The van der Waals surface area contributed by atoms with Crippen LogP contribution in [0.2, 0.25) is 5.02 Å². The van der Waals surface area contributed by atoms with Crippen LogP contribution < -0.4 is 4.90 Å². The molecule has 1 aromatic carbocycles. The minimum atomic E-state index is -0.441. The highest BCUT2D eigenvalue weighted by atomic mass is 35.5. The lowest BCUT2D eigenvalue weighted by Crippen LogP contribution is -2.49. The van der Waals surface area contributed by atoms with E-state index in [-0.39, 0.29) is 6.10 Å². The van der Waals surface area contributed by atoms with Crippen LogP contribution >= 0.6 is 11.6 Å². The zero-order valence-corrected chi connectivity index (χ0v) is 14.8. The van der Waals surface area contributed by atoms with Gasteiger partial charge in [0.15, 0.2) is 0 Å². The van der Waals surface area contributed by atoms with Gasteiger partial charge >= 0.3 is 0 Å². The van der Waals surface area contributed by atoms with Crippen molar-refractivity contribution in [1.82, 2.24) is 4.90 Å². The third-order valence-corrected chi connectivity index (χ3v) is 4.89. The van der Waals surface area contributed by atoms with E-state index < -0.39 is 6.10 Å². The summed E-state index contributed by atoms with van der Waals surface area (Å²) in [5, 5.41) is 10.9. The molecule has 6 heteroatoms. The molecule has 0 aromatic heterocycles. The van der Waals surface area contributed by atoms with Crippen LogP contribution in [0.3, 0.4) is 0 Å². The Kier molecular flexibility index (Phi) is 6.75. The molecule has 1 N–H and O–H groups in total. The Morgan fingerprint density at radius 2 is 2.12 bits per heavy atom. The number of halogens is 1. The van der Waals surface area contributed by atoms with E-state index in [4.69, 9.17) is 21.1 Å². The molecule has 24 heavy (non-hydrogen) atoms. The second kappa shape index (κ2) is 9.02. The number of hydrogen-bond donors (Lipinski definition) is 1. The number of aliphatic hydroxyl groups excluding tert-OH is 1. The maximum Gasteiger partial charge on any atom is 0.0900 e. The molecule has 0 radical (unpaired) electrons. The molecule has 2 fully saturated rings. The van der Waals surface area contributed by atoms with E-state index in [1.807, 2.05) is 18.2 Å². The van der Waals surface area contributed by atoms with Crippen LogP contribution in [-0.4, -0.2) is 74.8 Å². The van der Waals surface area contributed by atoms with Gasteiger partial charge in [0.25, 0.3) is 0 Å². The molecule has 1 aromatic rings. The number of piperazine rings is 1. The van der Waals surface area contributed by atoms with Crippen LogP contribution in [0.4, 0.5) is 5.69 Å². The van der Waals surface area contributed by atoms with Crippen LogP contribution in [0, 0.1) is 0 Å². The highest BCUT2D eigenvalue weighted by molar-refractivity contribution is 6.30. The molecule has 2 unspecified atom stereocenters. The van der Waals surface area contributed by atoms with Gasteiger partial charge in [-0.25, -0.2) is 0 Å². The van der Waals surface area contributed by atoms with Gasteiger partial charge in [-0.15, -0.1) is 0 Å². The van der Waals surface area contributed by atoms with Crippen LogP contribution in [0.5, 0.6) is 0 Å². The second-order valence-corrected chi connectivity index (χ2v) is 7.03. The molecule has 5 nitrogen and oxygen atoms in total. The first-order valence-corrected chi connectivity index (χ1v) is 9.19. The summed E-state index contributed by atoms with van der Waals surface area (Å²) in [4.78, 5) is 4.63. The third-order valence-electron chi connectivity index (χ3n) is 4.65. The maximum absolute atomic E-state index is 10.2. The van der Waals surface area contributed by atoms with Gasteiger partial charge in [-0.05, 0) is 31.0 Å². The van der Waals surface area contributed by atoms with E-state index >= 15 is 0 Å². The highest BCUT2D eigenvalue weighted by Crippen LogP contribution is 2.20. The molecule has 2 aliphatic rings. The number of benzene rings is 1. The maximum atomic E-state index is 10.2. The fourth-order valence-corrected chi connectivity index (χ4v) is 3.51. The fourth-order valence-electron chi connectivity index (χ4n) is 3.32. The largest absolute Gasteiger partial charge is 0.389 e. The van der Waals surface area contributed by atoms with Crippen molar-refractivity contribution in [3.63, 3.8) is 0 Å². The molecular formula is C18H27ClN2O3. The van der Waals surface area contributed by atoms with Crippen molar-refractivity contribution >= 4 is 17.3 Å². The molecule has 0 amide bonds. The molecule has 134 valence electrons. The Morgan fingerprint density at radius 1 is 1.29 bits per heavy atom. The Labute approximate surface area is 149 Å². The topological polar surface area (TPSA) is 45.2 Å². The molecule has 0 aliphatic carbocycles. The summed E-state index contributed by atoms with van der Waals surface area (Å²) >= 11 is 6.06. The average Bonchev–Trinajstić information content (AvgIpc) is 3.09. The minimum absolute atomic E-state index is 0.221. The summed E-state index contributed by atoms with van der Waals surface area (Å²) in [7, 11) is 0. The number of rotatable bonds is 7. The SMILES string of the molecule is OC(COCC1CCCO1)CN1CCN(c2cccc(Cl)c2)CC1. The van der Waals surface area contributed by atoms with Gasteiger partial charge in [-0.2, -0.15) is 0 Å². The standard InChI is InChI=1S/C18H27ClN2O3/c19-15-3-1-4-16(11-15)21-8-6-20(7-9-21)12-17(22)13-23-14-18-5-2-10-24-18/h1,3-4,11,17-18,22H,2,5-10,12-14H2. The molecule has 2 heterocycles. The van der Waals surface area contributed by atoms with E-state index in [0.717, 1.165) is 50.7 Å². The number of hydrogen-bond acceptors (Lipinski definition) is 5. The van der Waals surface area contributed by atoms with Crippen molar-refractivity contribution in [2.75, 3.05) is 57.4 Å². The van der Waals surface area contributed by atoms with E-state index in [1.54, 1.807) is 0 Å². The molecule has 3 rings (SSSR count). The number of anilines is 1. The normalized spacial score (nSPS) is 23.6. The molecule has 2 aliphatic heterocycles. The van der Waals surface area contributed by atoms with Crippen LogP contribution in [0.1, 0.15) is 12.8 Å². The quantitative estimate of drug-likeness (QED) is 0.811. The van der Waals surface area contributed by atoms with Crippen molar-refractivity contribution in [2.45, 2.75) is 25.0 Å². The summed E-state index contributed by atoms with van der Waals surface area (Å²) in [6, 6.07) is 7.98. The monoisotopic (exact) mass is 354 g/mol. The number of aliphatic hydroxyl groups is 1. The van der Waals surface area contributed by atoms with E-state index in [0.29, 0.717) is 19.8 Å². The lowest BCUT2D eigenvalue weighted by molar-refractivity contribution is -0.0254. The lowest BCUT2D eigenvalue weighted by atomic mass is 10.2. The fraction of sp³-hybridized carbons (Fsp3) is 0.667. The van der Waals surface area contributed by atoms with Gasteiger partial charge in [-0.1, -0.05) is 17.7 Å². The Bertz CT molecular complexity index is 503. The molecular weight excluding hydrogens is 328 g/mol. The van der Waals surface area contributed by atoms with E-state index in [9.17, 15) is 5.11 Å². The van der Waals surface area contributed by atoms with Gasteiger partial charge < -0.3 is 19.5 Å². The number of β-amino-alcohol motifs (C(OH)–C–C–N with tert-alkyl or cyclic N) is 1. The van der Waals surface area contributed by atoms with Gasteiger partial charge in [0.05, 0.1) is 25.4 Å². The Hall–Kier alpha value is -0.850. The van der Waals surface area contributed by atoms with Crippen molar-refractivity contribution in [1.29, 1.82) is 0 Å². The minimum Gasteiger partial charge on any atom is -0.389 e. The van der Waals surface area contributed by atoms with Crippen LogP contribution in [-0.2, 0) is 9.47 Å². The zero-order valence-electron chi connectivity index (χ0n) is 14.1. The zero-order chi connectivity index (χ0) is 16.8. The summed E-state index contributed by atoms with van der Waals surface area (Å²) in [6.45, 7) is 6.26. The van der Waals surface area contributed by atoms with Gasteiger partial charge in [0.2, 0.25) is 0 Å². The van der Waals surface area contributed by atoms with Crippen molar-refractivity contribution in [2.24, 2.45) is 0 Å². The van der Waals surface area contributed by atoms with Crippen molar-refractivity contribution in [3.05, 3.63) is 29.3 Å². The van der Waals surface area contributed by atoms with E-state index in [2.05, 4.69) is 15.9 Å². The predicted molar refractivity (Wildman–Crippen MR) is 95.9 cm³/mol. The third kappa shape index (κ3) is 5.33. The molecule has 2 atom stereocenters. The van der Waals surface area contributed by atoms with Gasteiger partial charge in [0, 0.05) is 50.0 Å².